The smallest absolute Gasteiger partial charge is 0.152 e. The topological polar surface area (TPSA) is 20.3 Å². The third-order valence-electron chi connectivity index (χ3n) is 3.15. The van der Waals surface area contributed by atoms with E-state index in [1.54, 1.807) is 0 Å². The first-order valence-corrected chi connectivity index (χ1v) is 6.04. The maximum Gasteiger partial charge on any atom is 0.152 e. The summed E-state index contributed by atoms with van der Waals surface area (Å²) in [5, 5.41) is 0. The van der Waals surface area contributed by atoms with Crippen LogP contribution < -0.4 is 0 Å². The quantitative estimate of drug-likeness (QED) is 0.699. The largest absolute Gasteiger partial charge is 0.298 e. The monoisotopic (exact) mass is 211 g/mol. The van der Waals surface area contributed by atoms with Crippen LogP contribution in [0.4, 0.5) is 0 Å². The van der Waals surface area contributed by atoms with Gasteiger partial charge in [-0.1, -0.05) is 34.6 Å². The zero-order valence-corrected chi connectivity index (χ0v) is 10.8. The van der Waals surface area contributed by atoms with Crippen molar-refractivity contribution >= 4 is 5.78 Å². The SMILES string of the molecule is CC1CC(C)CN(CC(=O)C(C)(C)C)C1. The lowest BCUT2D eigenvalue weighted by molar-refractivity contribution is -0.128. The zero-order valence-electron chi connectivity index (χ0n) is 10.8. The van der Waals surface area contributed by atoms with Crippen LogP contribution in [0.3, 0.4) is 0 Å². The average Bonchev–Trinajstić information content (AvgIpc) is 1.99. The van der Waals surface area contributed by atoms with Gasteiger partial charge >= 0.3 is 0 Å². The van der Waals surface area contributed by atoms with Gasteiger partial charge in [-0.3, -0.25) is 9.69 Å². The van der Waals surface area contributed by atoms with Gasteiger partial charge in [0.1, 0.15) is 0 Å². The minimum Gasteiger partial charge on any atom is -0.298 e. The Morgan fingerprint density at radius 1 is 1.20 bits per heavy atom. The molecule has 2 nitrogen and oxygen atoms in total. The molecule has 1 fully saturated rings. The highest BCUT2D eigenvalue weighted by Crippen LogP contribution is 2.22. The van der Waals surface area contributed by atoms with Crippen molar-refractivity contribution in [3.05, 3.63) is 0 Å². The minimum absolute atomic E-state index is 0.191. The van der Waals surface area contributed by atoms with Gasteiger partial charge < -0.3 is 0 Å². The summed E-state index contributed by atoms with van der Waals surface area (Å²) in [4.78, 5) is 14.2. The Kier molecular flexibility index (Phi) is 3.93. The second-order valence-corrected chi connectivity index (χ2v) is 6.31. The Morgan fingerprint density at radius 3 is 2.07 bits per heavy atom. The highest BCUT2D eigenvalue weighted by Gasteiger charge is 2.27. The van der Waals surface area contributed by atoms with Crippen molar-refractivity contribution in [1.82, 2.24) is 4.90 Å². The molecule has 0 aliphatic carbocycles. The van der Waals surface area contributed by atoms with Crippen molar-refractivity contribution in [2.45, 2.75) is 41.0 Å². The molecule has 0 aromatic carbocycles. The van der Waals surface area contributed by atoms with Crippen LogP contribution in [0.5, 0.6) is 0 Å². The van der Waals surface area contributed by atoms with Gasteiger partial charge in [0.25, 0.3) is 0 Å². The molecule has 0 spiro atoms. The molecule has 0 bridgehead atoms. The fourth-order valence-electron chi connectivity index (χ4n) is 2.36. The summed E-state index contributed by atoms with van der Waals surface area (Å²) in [5.74, 6) is 1.84. The van der Waals surface area contributed by atoms with Crippen LogP contribution in [-0.4, -0.2) is 30.3 Å². The Bertz CT molecular complexity index is 219. The fourth-order valence-corrected chi connectivity index (χ4v) is 2.36. The maximum absolute atomic E-state index is 11.9. The second kappa shape index (κ2) is 4.65. The van der Waals surface area contributed by atoms with Crippen LogP contribution >= 0.6 is 0 Å². The molecule has 1 saturated heterocycles. The van der Waals surface area contributed by atoms with Crippen LogP contribution in [0.2, 0.25) is 0 Å². The molecular weight excluding hydrogens is 186 g/mol. The number of likely N-dealkylation sites (tertiary alicyclic amines) is 1. The number of ketones is 1. The minimum atomic E-state index is -0.191. The lowest BCUT2D eigenvalue weighted by Gasteiger charge is -2.35. The van der Waals surface area contributed by atoms with Gasteiger partial charge in [-0.2, -0.15) is 0 Å². The molecule has 1 heterocycles. The van der Waals surface area contributed by atoms with Crippen molar-refractivity contribution in [1.29, 1.82) is 0 Å². The number of carbonyl (C=O) groups excluding carboxylic acids is 1. The zero-order chi connectivity index (χ0) is 11.6. The molecule has 1 rings (SSSR count). The van der Waals surface area contributed by atoms with Crippen molar-refractivity contribution in [2.75, 3.05) is 19.6 Å². The molecule has 1 aliphatic rings. The standard InChI is InChI=1S/C13H25NO/c1-10-6-11(2)8-14(7-10)9-12(15)13(3,4)5/h10-11H,6-9H2,1-5H3. The number of hydrogen-bond donors (Lipinski definition) is 0. The first-order valence-electron chi connectivity index (χ1n) is 6.04. The molecule has 88 valence electrons. The average molecular weight is 211 g/mol. The summed E-state index contributed by atoms with van der Waals surface area (Å²) in [6.07, 6.45) is 1.31. The van der Waals surface area contributed by atoms with E-state index in [0.29, 0.717) is 12.3 Å². The van der Waals surface area contributed by atoms with Crippen LogP contribution in [0.25, 0.3) is 0 Å². The maximum atomic E-state index is 11.9. The van der Waals surface area contributed by atoms with Crippen molar-refractivity contribution < 1.29 is 4.79 Å². The summed E-state index contributed by atoms with van der Waals surface area (Å²) in [5.41, 5.74) is -0.191. The third kappa shape index (κ3) is 3.94. The van der Waals surface area contributed by atoms with E-state index >= 15 is 0 Å². The highest BCUT2D eigenvalue weighted by molar-refractivity contribution is 5.85. The van der Waals surface area contributed by atoms with Gasteiger partial charge in [-0.15, -0.1) is 0 Å². The predicted octanol–water partition coefficient (Wildman–Crippen LogP) is 2.58. The van der Waals surface area contributed by atoms with E-state index < -0.39 is 0 Å². The van der Waals surface area contributed by atoms with Crippen LogP contribution in [0.15, 0.2) is 0 Å². The molecule has 0 N–H and O–H groups in total. The van der Waals surface area contributed by atoms with Crippen molar-refractivity contribution in [3.8, 4) is 0 Å². The molecule has 2 heteroatoms. The predicted molar refractivity (Wildman–Crippen MR) is 63.8 cm³/mol. The van der Waals surface area contributed by atoms with Gasteiger partial charge in [-0.05, 0) is 18.3 Å². The molecule has 1 aliphatic heterocycles. The molecule has 0 aromatic rings. The first kappa shape index (κ1) is 12.7. The number of hydrogen-bond acceptors (Lipinski definition) is 2. The molecule has 2 atom stereocenters. The van der Waals surface area contributed by atoms with Crippen LogP contribution in [-0.2, 0) is 4.79 Å². The summed E-state index contributed by atoms with van der Waals surface area (Å²) in [6.45, 7) is 13.4. The Balaban J connectivity index is 2.48. The number of rotatable bonds is 2. The normalized spacial score (nSPS) is 29.1. The van der Waals surface area contributed by atoms with E-state index in [0.717, 1.165) is 24.9 Å². The van der Waals surface area contributed by atoms with Gasteiger partial charge in [0.15, 0.2) is 5.78 Å². The number of carbonyl (C=O) groups is 1. The Labute approximate surface area is 94.0 Å². The summed E-state index contributed by atoms with van der Waals surface area (Å²) in [6, 6.07) is 0. The second-order valence-electron chi connectivity index (χ2n) is 6.31. The van der Waals surface area contributed by atoms with Gasteiger partial charge in [0.2, 0.25) is 0 Å². The van der Waals surface area contributed by atoms with E-state index in [4.69, 9.17) is 0 Å². The molecule has 15 heavy (non-hydrogen) atoms. The van der Waals surface area contributed by atoms with E-state index in [9.17, 15) is 4.79 Å². The molecule has 2 unspecified atom stereocenters. The summed E-state index contributed by atoms with van der Waals surface area (Å²) >= 11 is 0. The molecule has 0 aromatic heterocycles. The highest BCUT2D eigenvalue weighted by atomic mass is 16.1. The summed E-state index contributed by atoms with van der Waals surface area (Å²) in [7, 11) is 0. The molecule has 0 radical (unpaired) electrons. The van der Waals surface area contributed by atoms with Crippen LogP contribution in [0.1, 0.15) is 41.0 Å². The first-order chi connectivity index (χ1) is 6.79. The Morgan fingerprint density at radius 2 is 1.67 bits per heavy atom. The van der Waals surface area contributed by atoms with E-state index in [1.165, 1.54) is 6.42 Å². The number of Topliss-reactive ketones (excluding diaryl/α,β-unsaturated/α-hetero) is 1. The van der Waals surface area contributed by atoms with Gasteiger partial charge in [0.05, 0.1) is 6.54 Å². The number of piperidine rings is 1. The lowest BCUT2D eigenvalue weighted by atomic mass is 9.88. The molecule has 0 saturated carbocycles. The Hall–Kier alpha value is -0.370. The van der Waals surface area contributed by atoms with Crippen molar-refractivity contribution in [2.24, 2.45) is 17.3 Å². The van der Waals surface area contributed by atoms with Gasteiger partial charge in [0, 0.05) is 18.5 Å². The molecular formula is C13H25NO. The number of nitrogens with zero attached hydrogens (tertiary/aromatic N) is 1. The lowest BCUT2D eigenvalue weighted by Crippen LogP contribution is -2.43. The molecule has 0 amide bonds. The third-order valence-corrected chi connectivity index (χ3v) is 3.15. The van der Waals surface area contributed by atoms with E-state index in [1.807, 2.05) is 20.8 Å². The fraction of sp³-hybridized carbons (Fsp3) is 0.923. The van der Waals surface area contributed by atoms with Crippen LogP contribution in [0, 0.1) is 17.3 Å². The summed E-state index contributed by atoms with van der Waals surface area (Å²) < 4.78 is 0. The van der Waals surface area contributed by atoms with Gasteiger partial charge in [-0.25, -0.2) is 0 Å². The van der Waals surface area contributed by atoms with E-state index in [-0.39, 0.29) is 5.41 Å². The van der Waals surface area contributed by atoms with Crippen molar-refractivity contribution in [3.63, 3.8) is 0 Å². The van der Waals surface area contributed by atoms with E-state index in [2.05, 4.69) is 18.7 Å².